The number of piperidine rings is 1. The van der Waals surface area contributed by atoms with E-state index in [4.69, 9.17) is 5.73 Å². The molecule has 1 unspecified atom stereocenters. The van der Waals surface area contributed by atoms with Crippen LogP contribution in [0, 0.1) is 6.92 Å². The SMILES string of the molecule is Cc1ccccc1C(=O)NC1CCN(C(=O)C(C)(N)c2ccccc2)CC1. The Balaban J connectivity index is 1.58. The molecule has 1 saturated heterocycles. The van der Waals surface area contributed by atoms with Crippen molar-refractivity contribution in [3.05, 3.63) is 71.3 Å². The van der Waals surface area contributed by atoms with Crippen LogP contribution in [0.5, 0.6) is 0 Å². The highest BCUT2D eigenvalue weighted by Gasteiger charge is 2.36. The Kier molecular flexibility index (Phi) is 5.61. The number of hydrogen-bond donors (Lipinski definition) is 2. The van der Waals surface area contributed by atoms with Crippen LogP contribution in [0.1, 0.15) is 41.3 Å². The van der Waals surface area contributed by atoms with Crippen molar-refractivity contribution >= 4 is 11.8 Å². The van der Waals surface area contributed by atoms with Crippen LogP contribution in [0.2, 0.25) is 0 Å². The van der Waals surface area contributed by atoms with Gasteiger partial charge in [-0.15, -0.1) is 0 Å². The van der Waals surface area contributed by atoms with Crippen molar-refractivity contribution in [1.29, 1.82) is 0 Å². The van der Waals surface area contributed by atoms with Crippen LogP contribution in [0.15, 0.2) is 54.6 Å². The van der Waals surface area contributed by atoms with E-state index >= 15 is 0 Å². The Morgan fingerprint density at radius 3 is 2.26 bits per heavy atom. The number of hydrogen-bond acceptors (Lipinski definition) is 3. The van der Waals surface area contributed by atoms with E-state index in [1.807, 2.05) is 66.4 Å². The summed E-state index contributed by atoms with van der Waals surface area (Å²) >= 11 is 0. The van der Waals surface area contributed by atoms with Crippen LogP contribution >= 0.6 is 0 Å². The summed E-state index contributed by atoms with van der Waals surface area (Å²) in [5.74, 6) is -0.122. The van der Waals surface area contributed by atoms with Crippen LogP contribution in [-0.4, -0.2) is 35.8 Å². The van der Waals surface area contributed by atoms with Crippen LogP contribution in [-0.2, 0) is 10.3 Å². The van der Waals surface area contributed by atoms with Gasteiger partial charge in [0, 0.05) is 24.7 Å². The van der Waals surface area contributed by atoms with E-state index in [0.29, 0.717) is 18.7 Å². The van der Waals surface area contributed by atoms with Crippen molar-refractivity contribution in [3.63, 3.8) is 0 Å². The number of amides is 2. The van der Waals surface area contributed by atoms with E-state index in [-0.39, 0.29) is 17.9 Å². The Morgan fingerprint density at radius 1 is 1.04 bits per heavy atom. The van der Waals surface area contributed by atoms with Gasteiger partial charge in [-0.25, -0.2) is 0 Å². The fourth-order valence-corrected chi connectivity index (χ4v) is 3.55. The first kappa shape index (κ1) is 19.1. The maximum Gasteiger partial charge on any atom is 0.251 e. The highest BCUT2D eigenvalue weighted by atomic mass is 16.2. The average Bonchev–Trinajstić information content (AvgIpc) is 2.69. The molecule has 0 spiro atoms. The molecule has 0 radical (unpaired) electrons. The summed E-state index contributed by atoms with van der Waals surface area (Å²) in [4.78, 5) is 27.2. The van der Waals surface area contributed by atoms with Gasteiger partial charge in [-0.1, -0.05) is 48.5 Å². The molecular formula is C22H27N3O2. The molecular weight excluding hydrogens is 338 g/mol. The molecule has 27 heavy (non-hydrogen) atoms. The van der Waals surface area contributed by atoms with Gasteiger partial charge in [-0.05, 0) is 43.9 Å². The summed E-state index contributed by atoms with van der Waals surface area (Å²) in [6.07, 6.45) is 1.46. The molecule has 1 atom stereocenters. The third kappa shape index (κ3) is 4.19. The fourth-order valence-electron chi connectivity index (χ4n) is 3.55. The van der Waals surface area contributed by atoms with Gasteiger partial charge >= 0.3 is 0 Å². The summed E-state index contributed by atoms with van der Waals surface area (Å²) in [6, 6.07) is 17.1. The molecule has 1 heterocycles. The van der Waals surface area contributed by atoms with E-state index in [1.165, 1.54) is 0 Å². The number of nitrogens with two attached hydrogens (primary N) is 1. The van der Waals surface area contributed by atoms with E-state index in [0.717, 1.165) is 24.0 Å². The van der Waals surface area contributed by atoms with Crippen molar-refractivity contribution in [2.45, 2.75) is 38.3 Å². The molecule has 2 amide bonds. The van der Waals surface area contributed by atoms with Gasteiger partial charge in [-0.2, -0.15) is 0 Å². The Bertz CT molecular complexity index is 809. The number of carbonyl (C=O) groups is 2. The number of aryl methyl sites for hydroxylation is 1. The first-order chi connectivity index (χ1) is 12.9. The van der Waals surface area contributed by atoms with Gasteiger partial charge in [0.15, 0.2) is 0 Å². The molecule has 3 N–H and O–H groups in total. The molecule has 1 aliphatic heterocycles. The third-order valence-corrected chi connectivity index (χ3v) is 5.32. The number of nitrogens with one attached hydrogen (secondary N) is 1. The lowest BCUT2D eigenvalue weighted by Crippen LogP contribution is -2.55. The predicted octanol–water partition coefficient (Wildman–Crippen LogP) is 2.59. The van der Waals surface area contributed by atoms with Crippen LogP contribution < -0.4 is 11.1 Å². The molecule has 0 bridgehead atoms. The molecule has 3 rings (SSSR count). The first-order valence-corrected chi connectivity index (χ1v) is 9.40. The molecule has 0 aliphatic carbocycles. The first-order valence-electron chi connectivity index (χ1n) is 9.40. The minimum atomic E-state index is -1.04. The van der Waals surface area contributed by atoms with Gasteiger partial charge < -0.3 is 16.0 Å². The summed E-state index contributed by atoms with van der Waals surface area (Å²) in [6.45, 7) is 4.88. The highest BCUT2D eigenvalue weighted by Crippen LogP contribution is 2.23. The largest absolute Gasteiger partial charge is 0.349 e. The summed E-state index contributed by atoms with van der Waals surface area (Å²) in [5.41, 5.74) is 7.79. The van der Waals surface area contributed by atoms with Crippen LogP contribution in [0.25, 0.3) is 0 Å². The van der Waals surface area contributed by atoms with Gasteiger partial charge in [0.05, 0.1) is 0 Å². The highest BCUT2D eigenvalue weighted by molar-refractivity contribution is 5.95. The van der Waals surface area contributed by atoms with E-state index in [2.05, 4.69) is 5.32 Å². The van der Waals surface area contributed by atoms with E-state index in [9.17, 15) is 9.59 Å². The number of likely N-dealkylation sites (tertiary alicyclic amines) is 1. The van der Waals surface area contributed by atoms with Crippen LogP contribution in [0.4, 0.5) is 0 Å². The lowest BCUT2D eigenvalue weighted by molar-refractivity contribution is -0.137. The standard InChI is InChI=1S/C22H27N3O2/c1-16-8-6-7-11-19(16)20(26)24-18-12-14-25(15-13-18)21(27)22(2,23)17-9-4-3-5-10-17/h3-11,18H,12-15,23H2,1-2H3,(H,24,26). The van der Waals surface area contributed by atoms with Crippen molar-refractivity contribution in [1.82, 2.24) is 10.2 Å². The van der Waals surface area contributed by atoms with Gasteiger partial charge in [0.25, 0.3) is 5.91 Å². The maximum absolute atomic E-state index is 12.9. The summed E-state index contributed by atoms with van der Waals surface area (Å²) in [5, 5.41) is 3.10. The Hall–Kier alpha value is -2.66. The van der Waals surface area contributed by atoms with Crippen molar-refractivity contribution in [2.24, 2.45) is 5.73 Å². The second kappa shape index (κ2) is 7.92. The number of carbonyl (C=O) groups excluding carboxylic acids is 2. The lowest BCUT2D eigenvalue weighted by atomic mass is 9.90. The minimum Gasteiger partial charge on any atom is -0.349 e. The van der Waals surface area contributed by atoms with Crippen LogP contribution in [0.3, 0.4) is 0 Å². The van der Waals surface area contributed by atoms with Crippen molar-refractivity contribution in [2.75, 3.05) is 13.1 Å². The molecule has 1 aliphatic rings. The molecule has 2 aromatic rings. The summed E-state index contributed by atoms with van der Waals surface area (Å²) in [7, 11) is 0. The molecule has 1 fully saturated rings. The topological polar surface area (TPSA) is 75.4 Å². The zero-order chi connectivity index (χ0) is 19.4. The van der Waals surface area contributed by atoms with E-state index < -0.39 is 5.54 Å². The minimum absolute atomic E-state index is 0.0502. The quantitative estimate of drug-likeness (QED) is 0.874. The fraction of sp³-hybridized carbons (Fsp3) is 0.364. The monoisotopic (exact) mass is 365 g/mol. The smallest absolute Gasteiger partial charge is 0.251 e. The normalized spacial score (nSPS) is 17.2. The molecule has 142 valence electrons. The third-order valence-electron chi connectivity index (χ3n) is 5.32. The Labute approximate surface area is 160 Å². The molecule has 2 aromatic carbocycles. The second-order valence-electron chi connectivity index (χ2n) is 7.42. The molecule has 5 heteroatoms. The second-order valence-corrected chi connectivity index (χ2v) is 7.42. The van der Waals surface area contributed by atoms with Crippen molar-refractivity contribution < 1.29 is 9.59 Å². The lowest BCUT2D eigenvalue weighted by Gasteiger charge is -2.37. The molecule has 0 saturated carbocycles. The van der Waals surface area contributed by atoms with Gasteiger partial charge in [0.1, 0.15) is 5.54 Å². The molecule has 0 aromatic heterocycles. The maximum atomic E-state index is 12.9. The summed E-state index contributed by atoms with van der Waals surface area (Å²) < 4.78 is 0. The zero-order valence-corrected chi connectivity index (χ0v) is 15.9. The van der Waals surface area contributed by atoms with Crippen molar-refractivity contribution in [3.8, 4) is 0 Å². The number of benzene rings is 2. The van der Waals surface area contributed by atoms with Gasteiger partial charge in [-0.3, -0.25) is 9.59 Å². The average molecular weight is 365 g/mol. The Morgan fingerprint density at radius 2 is 1.63 bits per heavy atom. The number of nitrogens with zero attached hydrogens (tertiary/aromatic N) is 1. The molecule has 5 nitrogen and oxygen atoms in total. The van der Waals surface area contributed by atoms with Gasteiger partial charge in [0.2, 0.25) is 5.91 Å². The zero-order valence-electron chi connectivity index (χ0n) is 15.9. The van der Waals surface area contributed by atoms with E-state index in [1.54, 1.807) is 6.92 Å². The predicted molar refractivity (Wildman–Crippen MR) is 106 cm³/mol. The number of rotatable bonds is 4.